The van der Waals surface area contributed by atoms with Gasteiger partial charge in [0.15, 0.2) is 5.54 Å². The van der Waals surface area contributed by atoms with Crippen molar-refractivity contribution >= 4 is 12.1 Å². The molecule has 0 spiro atoms. The number of methoxy groups -OCH3 is 2. The van der Waals surface area contributed by atoms with Crippen LogP contribution < -0.4 is 0 Å². The number of carbonyl (C=O) groups is 2. The van der Waals surface area contributed by atoms with Gasteiger partial charge in [0.2, 0.25) is 0 Å². The molecule has 0 rings (SSSR count). The Morgan fingerprint density at radius 2 is 1.69 bits per heavy atom. The lowest BCUT2D eigenvalue weighted by Crippen LogP contribution is -2.30. The van der Waals surface area contributed by atoms with Crippen molar-refractivity contribution in [2.45, 2.75) is 19.4 Å². The third kappa shape index (κ3) is 3.64. The van der Waals surface area contributed by atoms with Crippen molar-refractivity contribution in [3.05, 3.63) is 0 Å². The van der Waals surface area contributed by atoms with Crippen LogP contribution in [0.15, 0.2) is 10.2 Å². The van der Waals surface area contributed by atoms with Crippen LogP contribution in [0.3, 0.4) is 0 Å². The molecular weight excluding hydrogens is 176 g/mol. The van der Waals surface area contributed by atoms with E-state index in [0.717, 1.165) is 0 Å². The third-order valence-corrected chi connectivity index (χ3v) is 1.24. The number of esters is 1. The van der Waals surface area contributed by atoms with E-state index in [9.17, 15) is 9.59 Å². The van der Waals surface area contributed by atoms with Gasteiger partial charge in [-0.05, 0) is 13.8 Å². The van der Waals surface area contributed by atoms with Gasteiger partial charge in [-0.2, -0.15) is 5.11 Å². The van der Waals surface area contributed by atoms with Crippen molar-refractivity contribution in [1.29, 1.82) is 0 Å². The molecule has 0 bridgehead atoms. The van der Waals surface area contributed by atoms with E-state index in [0.29, 0.717) is 0 Å². The first-order chi connectivity index (χ1) is 5.94. The summed E-state index contributed by atoms with van der Waals surface area (Å²) in [7, 11) is 2.41. The number of hydrogen-bond donors (Lipinski definition) is 0. The fourth-order valence-electron chi connectivity index (χ4n) is 0.497. The molecule has 0 aromatic carbocycles. The van der Waals surface area contributed by atoms with E-state index in [4.69, 9.17) is 0 Å². The van der Waals surface area contributed by atoms with Crippen LogP contribution in [-0.2, 0) is 14.3 Å². The predicted molar refractivity (Wildman–Crippen MR) is 43.4 cm³/mol. The van der Waals surface area contributed by atoms with Crippen molar-refractivity contribution in [3.8, 4) is 0 Å². The van der Waals surface area contributed by atoms with Gasteiger partial charge in [0.05, 0.1) is 14.2 Å². The minimum absolute atomic E-state index is 0.569. The highest BCUT2D eigenvalue weighted by atomic mass is 16.5. The zero-order valence-corrected chi connectivity index (χ0v) is 8.03. The lowest BCUT2D eigenvalue weighted by molar-refractivity contribution is -0.145. The van der Waals surface area contributed by atoms with Gasteiger partial charge in [0.25, 0.3) is 0 Å². The van der Waals surface area contributed by atoms with Crippen LogP contribution in [0, 0.1) is 0 Å². The van der Waals surface area contributed by atoms with Crippen LogP contribution >= 0.6 is 0 Å². The molecule has 0 unspecified atom stereocenters. The zero-order valence-electron chi connectivity index (χ0n) is 8.03. The minimum atomic E-state index is -1.16. The molecule has 13 heavy (non-hydrogen) atoms. The fourth-order valence-corrected chi connectivity index (χ4v) is 0.497. The quantitative estimate of drug-likeness (QED) is 0.481. The van der Waals surface area contributed by atoms with Crippen LogP contribution in [-0.4, -0.2) is 31.8 Å². The smallest absolute Gasteiger partial charge is 0.451 e. The highest BCUT2D eigenvalue weighted by Crippen LogP contribution is 2.11. The van der Waals surface area contributed by atoms with Gasteiger partial charge in [-0.15, -0.1) is 0 Å². The number of nitrogens with zero attached hydrogens (tertiary/aromatic N) is 2. The lowest BCUT2D eigenvalue weighted by Gasteiger charge is -2.13. The van der Waals surface area contributed by atoms with E-state index in [-0.39, 0.29) is 0 Å². The molecule has 0 fully saturated rings. The van der Waals surface area contributed by atoms with Crippen molar-refractivity contribution in [3.63, 3.8) is 0 Å². The van der Waals surface area contributed by atoms with E-state index in [2.05, 4.69) is 19.7 Å². The topological polar surface area (TPSA) is 77.3 Å². The standard InChI is InChI=1S/C7H12N2O4/c1-7(2,5(10)12-3)9-8-6(11)13-4/h1-4H3. The van der Waals surface area contributed by atoms with Crippen LogP contribution in [0.25, 0.3) is 0 Å². The molecular formula is C7H12N2O4. The monoisotopic (exact) mass is 188 g/mol. The number of azo groups is 1. The van der Waals surface area contributed by atoms with E-state index in [1.54, 1.807) is 0 Å². The van der Waals surface area contributed by atoms with Gasteiger partial charge >= 0.3 is 12.1 Å². The van der Waals surface area contributed by atoms with E-state index < -0.39 is 17.6 Å². The average molecular weight is 188 g/mol. The first kappa shape index (κ1) is 11.5. The second-order valence-electron chi connectivity index (χ2n) is 2.72. The normalized spacial score (nSPS) is 11.4. The maximum atomic E-state index is 11.0. The van der Waals surface area contributed by atoms with E-state index in [1.807, 2.05) is 0 Å². The van der Waals surface area contributed by atoms with E-state index >= 15 is 0 Å². The summed E-state index contributed by atoms with van der Waals surface area (Å²) in [5, 5.41) is 6.62. The van der Waals surface area contributed by atoms with Crippen LogP contribution in [0.2, 0.25) is 0 Å². The molecule has 0 atom stereocenters. The van der Waals surface area contributed by atoms with Gasteiger partial charge in [0.1, 0.15) is 0 Å². The molecule has 0 aliphatic heterocycles. The Labute approximate surface area is 75.9 Å². The Morgan fingerprint density at radius 1 is 1.15 bits per heavy atom. The number of rotatable bonds is 2. The predicted octanol–water partition coefficient (Wildman–Crippen LogP) is 1.16. The molecule has 0 saturated carbocycles. The molecule has 0 heterocycles. The number of ether oxygens (including phenoxy) is 2. The van der Waals surface area contributed by atoms with Crippen LogP contribution in [0.4, 0.5) is 4.79 Å². The molecule has 0 radical (unpaired) electrons. The van der Waals surface area contributed by atoms with Gasteiger partial charge < -0.3 is 9.47 Å². The molecule has 74 valence electrons. The van der Waals surface area contributed by atoms with Crippen molar-refractivity contribution in [2.75, 3.05) is 14.2 Å². The first-order valence-electron chi connectivity index (χ1n) is 3.53. The molecule has 6 heteroatoms. The highest BCUT2D eigenvalue weighted by molar-refractivity contribution is 5.80. The molecule has 0 aliphatic rings. The fraction of sp³-hybridized carbons (Fsp3) is 0.714. The molecule has 0 aromatic heterocycles. The summed E-state index contributed by atoms with van der Waals surface area (Å²) in [5.41, 5.74) is -1.16. The van der Waals surface area contributed by atoms with Crippen molar-refractivity contribution < 1.29 is 19.1 Å². The summed E-state index contributed by atoms with van der Waals surface area (Å²) >= 11 is 0. The number of hydrogen-bond acceptors (Lipinski definition) is 5. The molecule has 6 nitrogen and oxygen atoms in total. The summed E-state index contributed by atoms with van der Waals surface area (Å²) in [5.74, 6) is -0.569. The van der Waals surface area contributed by atoms with Gasteiger partial charge in [-0.25, -0.2) is 9.59 Å². The average Bonchev–Trinajstić information content (AvgIpc) is 2.12. The Morgan fingerprint density at radius 3 is 2.08 bits per heavy atom. The molecule has 0 N–H and O–H groups in total. The molecule has 1 amide bonds. The summed E-state index contributed by atoms with van der Waals surface area (Å²) in [6.45, 7) is 2.95. The third-order valence-electron chi connectivity index (χ3n) is 1.24. The number of carbonyl (C=O) groups excluding carboxylic acids is 2. The summed E-state index contributed by atoms with van der Waals surface area (Å²) in [6, 6.07) is 0. The summed E-state index contributed by atoms with van der Waals surface area (Å²) < 4.78 is 8.64. The van der Waals surface area contributed by atoms with Gasteiger partial charge in [-0.3, -0.25) is 0 Å². The Balaban J connectivity index is 4.40. The Bertz CT molecular complexity index is 235. The number of amides is 1. The Kier molecular flexibility index (Phi) is 4.03. The summed E-state index contributed by atoms with van der Waals surface area (Å²) in [6.07, 6.45) is -0.850. The zero-order chi connectivity index (χ0) is 10.5. The lowest BCUT2D eigenvalue weighted by atomic mass is 10.1. The Hall–Kier alpha value is -1.46. The van der Waals surface area contributed by atoms with Crippen LogP contribution in [0.1, 0.15) is 13.8 Å². The summed E-state index contributed by atoms with van der Waals surface area (Å²) in [4.78, 5) is 21.5. The largest absolute Gasteiger partial charge is 0.467 e. The molecule has 0 aliphatic carbocycles. The maximum absolute atomic E-state index is 11.0. The molecule has 0 aromatic rings. The second kappa shape index (κ2) is 4.54. The van der Waals surface area contributed by atoms with Gasteiger partial charge in [0, 0.05) is 0 Å². The van der Waals surface area contributed by atoms with Gasteiger partial charge in [-0.1, -0.05) is 5.11 Å². The maximum Gasteiger partial charge on any atom is 0.451 e. The molecule has 0 saturated heterocycles. The highest BCUT2D eigenvalue weighted by Gasteiger charge is 2.28. The van der Waals surface area contributed by atoms with Crippen molar-refractivity contribution in [1.82, 2.24) is 0 Å². The van der Waals surface area contributed by atoms with E-state index in [1.165, 1.54) is 28.1 Å². The van der Waals surface area contributed by atoms with Crippen LogP contribution in [0.5, 0.6) is 0 Å². The minimum Gasteiger partial charge on any atom is -0.467 e. The second-order valence-corrected chi connectivity index (χ2v) is 2.72. The van der Waals surface area contributed by atoms with Crippen molar-refractivity contribution in [2.24, 2.45) is 10.2 Å². The SMILES string of the molecule is COC(=O)N=NC(C)(C)C(=O)OC. The first-order valence-corrected chi connectivity index (χ1v) is 3.53.